The molecule has 0 saturated heterocycles. The van der Waals surface area contributed by atoms with Crippen LogP contribution in [-0.4, -0.2) is 20.7 Å². The van der Waals surface area contributed by atoms with E-state index in [1.165, 1.54) is 6.20 Å². The molecule has 0 aliphatic carbocycles. The Morgan fingerprint density at radius 3 is 2.58 bits per heavy atom. The first kappa shape index (κ1) is 18.4. The number of halogens is 2. The normalized spacial score (nSPS) is 11.4. The van der Waals surface area contributed by atoms with Gasteiger partial charge in [0, 0.05) is 28.9 Å². The van der Waals surface area contributed by atoms with Gasteiger partial charge in [-0.15, -0.1) is 0 Å². The molecular weight excluding hydrogens is 371 g/mol. The Kier molecular flexibility index (Phi) is 5.03. The summed E-state index contributed by atoms with van der Waals surface area (Å²) in [7, 11) is 0. The van der Waals surface area contributed by atoms with Crippen molar-refractivity contribution < 1.29 is 4.79 Å². The Hall–Kier alpha value is -2.37. The molecule has 0 radical (unpaired) electrons. The van der Waals surface area contributed by atoms with Crippen molar-refractivity contribution in [1.82, 2.24) is 14.8 Å². The first-order chi connectivity index (χ1) is 12.3. The molecule has 0 saturated carbocycles. The quantitative estimate of drug-likeness (QED) is 0.676. The number of hydrogen-bond acceptors (Lipinski definition) is 3. The standard InChI is InChI=1S/C19H18Cl2N4O/c1-19(2,3)16-10-17(23-18(26)12-5-4-8-22-11-12)25(24-16)15-9-13(20)6-7-14(15)21/h4-11H,1-3H3,(H,23,26). The molecule has 1 amide bonds. The van der Waals surface area contributed by atoms with E-state index >= 15 is 0 Å². The molecule has 0 spiro atoms. The van der Waals surface area contributed by atoms with Crippen molar-refractivity contribution in [2.75, 3.05) is 5.32 Å². The Balaban J connectivity index is 2.07. The number of nitrogens with zero attached hydrogens (tertiary/aromatic N) is 3. The first-order valence-electron chi connectivity index (χ1n) is 8.03. The molecule has 0 unspecified atom stereocenters. The number of aromatic nitrogens is 3. The SMILES string of the molecule is CC(C)(C)c1cc(NC(=O)c2cccnc2)n(-c2cc(Cl)ccc2Cl)n1. The number of carbonyl (C=O) groups excluding carboxylic acids is 1. The van der Waals surface area contributed by atoms with Gasteiger partial charge in [0.05, 0.1) is 22.0 Å². The van der Waals surface area contributed by atoms with Crippen LogP contribution in [-0.2, 0) is 5.41 Å². The fourth-order valence-electron chi connectivity index (χ4n) is 2.35. The van der Waals surface area contributed by atoms with Crippen molar-refractivity contribution in [1.29, 1.82) is 0 Å². The molecule has 0 bridgehead atoms. The third-order valence-electron chi connectivity index (χ3n) is 3.78. The van der Waals surface area contributed by atoms with Gasteiger partial charge in [-0.3, -0.25) is 9.78 Å². The summed E-state index contributed by atoms with van der Waals surface area (Å²) in [5.41, 5.74) is 1.66. The van der Waals surface area contributed by atoms with Crippen LogP contribution >= 0.6 is 23.2 Å². The predicted octanol–water partition coefficient (Wildman–Crippen LogP) is 5.12. The second-order valence-corrected chi connectivity index (χ2v) is 7.71. The van der Waals surface area contributed by atoms with Gasteiger partial charge in [-0.2, -0.15) is 5.10 Å². The summed E-state index contributed by atoms with van der Waals surface area (Å²) in [4.78, 5) is 16.5. The van der Waals surface area contributed by atoms with Gasteiger partial charge in [0.2, 0.25) is 0 Å². The molecule has 3 aromatic rings. The van der Waals surface area contributed by atoms with Crippen LogP contribution in [0.5, 0.6) is 0 Å². The summed E-state index contributed by atoms with van der Waals surface area (Å²) in [5, 5.41) is 8.54. The molecule has 1 N–H and O–H groups in total. The van der Waals surface area contributed by atoms with Gasteiger partial charge in [-0.25, -0.2) is 4.68 Å². The topological polar surface area (TPSA) is 59.8 Å². The number of anilines is 1. The van der Waals surface area contributed by atoms with Gasteiger partial charge < -0.3 is 5.32 Å². The van der Waals surface area contributed by atoms with Gasteiger partial charge in [0.15, 0.2) is 0 Å². The van der Waals surface area contributed by atoms with Crippen molar-refractivity contribution in [3.05, 3.63) is 70.1 Å². The van der Waals surface area contributed by atoms with Crippen LogP contribution in [0, 0.1) is 0 Å². The zero-order valence-electron chi connectivity index (χ0n) is 14.6. The summed E-state index contributed by atoms with van der Waals surface area (Å²) in [6, 6.07) is 10.4. The maximum atomic E-state index is 12.6. The second kappa shape index (κ2) is 7.09. The molecule has 2 aromatic heterocycles. The lowest BCUT2D eigenvalue weighted by molar-refractivity contribution is 0.102. The van der Waals surface area contributed by atoms with E-state index in [1.54, 1.807) is 41.2 Å². The summed E-state index contributed by atoms with van der Waals surface area (Å²) < 4.78 is 1.60. The van der Waals surface area contributed by atoms with Crippen LogP contribution in [0.25, 0.3) is 5.69 Å². The Bertz CT molecular complexity index is 946. The van der Waals surface area contributed by atoms with E-state index in [9.17, 15) is 4.79 Å². The van der Waals surface area contributed by atoms with Crippen LogP contribution in [0.3, 0.4) is 0 Å². The van der Waals surface area contributed by atoms with Crippen LogP contribution in [0.1, 0.15) is 36.8 Å². The molecule has 5 nitrogen and oxygen atoms in total. The van der Waals surface area contributed by atoms with Gasteiger partial charge in [-0.05, 0) is 30.3 Å². The Morgan fingerprint density at radius 1 is 1.15 bits per heavy atom. The highest BCUT2D eigenvalue weighted by Gasteiger charge is 2.22. The highest BCUT2D eigenvalue weighted by atomic mass is 35.5. The predicted molar refractivity (Wildman–Crippen MR) is 104 cm³/mol. The Labute approximate surface area is 162 Å². The van der Waals surface area contributed by atoms with Gasteiger partial charge in [0.25, 0.3) is 5.91 Å². The highest BCUT2D eigenvalue weighted by molar-refractivity contribution is 6.34. The molecule has 0 aliphatic rings. The number of rotatable bonds is 3. The summed E-state index contributed by atoms with van der Waals surface area (Å²) in [5.74, 6) is 0.228. The number of pyridine rings is 1. The van der Waals surface area contributed by atoms with E-state index in [4.69, 9.17) is 23.2 Å². The zero-order valence-corrected chi connectivity index (χ0v) is 16.1. The summed E-state index contributed by atoms with van der Waals surface area (Å²) in [6.07, 6.45) is 3.12. The fraction of sp³-hybridized carbons (Fsp3) is 0.211. The van der Waals surface area contributed by atoms with E-state index < -0.39 is 0 Å². The average Bonchev–Trinajstić information content (AvgIpc) is 3.02. The smallest absolute Gasteiger partial charge is 0.258 e. The Morgan fingerprint density at radius 2 is 1.92 bits per heavy atom. The van der Waals surface area contributed by atoms with Crippen molar-refractivity contribution in [3.63, 3.8) is 0 Å². The third-order valence-corrected chi connectivity index (χ3v) is 4.33. The van der Waals surface area contributed by atoms with Gasteiger partial charge in [0.1, 0.15) is 5.82 Å². The lowest BCUT2D eigenvalue weighted by Crippen LogP contribution is -2.15. The number of carbonyl (C=O) groups is 1. The minimum Gasteiger partial charge on any atom is -0.306 e. The zero-order chi connectivity index (χ0) is 18.9. The number of hydrogen-bond donors (Lipinski definition) is 1. The van der Waals surface area contributed by atoms with E-state index in [2.05, 4.69) is 15.4 Å². The van der Waals surface area contributed by atoms with Crippen LogP contribution in [0.4, 0.5) is 5.82 Å². The summed E-state index contributed by atoms with van der Waals surface area (Å²) in [6.45, 7) is 6.14. The van der Waals surface area contributed by atoms with Gasteiger partial charge >= 0.3 is 0 Å². The maximum Gasteiger partial charge on any atom is 0.258 e. The van der Waals surface area contributed by atoms with Crippen molar-refractivity contribution >= 4 is 34.9 Å². The van der Waals surface area contributed by atoms with E-state index in [0.717, 1.165) is 5.69 Å². The first-order valence-corrected chi connectivity index (χ1v) is 8.78. The minimum atomic E-state index is -0.280. The maximum absolute atomic E-state index is 12.6. The van der Waals surface area contributed by atoms with Crippen LogP contribution in [0.2, 0.25) is 10.0 Å². The van der Waals surface area contributed by atoms with E-state index in [-0.39, 0.29) is 11.3 Å². The molecule has 0 atom stereocenters. The van der Waals surface area contributed by atoms with E-state index in [1.807, 2.05) is 26.8 Å². The lowest BCUT2D eigenvalue weighted by atomic mass is 9.92. The van der Waals surface area contributed by atoms with Crippen LogP contribution < -0.4 is 5.32 Å². The molecule has 26 heavy (non-hydrogen) atoms. The number of amides is 1. The fourth-order valence-corrected chi connectivity index (χ4v) is 2.72. The monoisotopic (exact) mass is 388 g/mol. The number of nitrogens with one attached hydrogen (secondary N) is 1. The molecule has 0 aliphatic heterocycles. The van der Waals surface area contributed by atoms with Crippen molar-refractivity contribution in [3.8, 4) is 5.69 Å². The molecular formula is C19H18Cl2N4O. The second-order valence-electron chi connectivity index (χ2n) is 6.87. The van der Waals surface area contributed by atoms with Crippen LogP contribution in [0.15, 0.2) is 48.8 Å². The van der Waals surface area contributed by atoms with Crippen molar-refractivity contribution in [2.45, 2.75) is 26.2 Å². The molecule has 134 valence electrons. The minimum absolute atomic E-state index is 0.204. The lowest BCUT2D eigenvalue weighted by Gasteiger charge is -2.14. The highest BCUT2D eigenvalue weighted by Crippen LogP contribution is 2.30. The van der Waals surface area contributed by atoms with Crippen molar-refractivity contribution in [2.24, 2.45) is 0 Å². The molecule has 1 aromatic carbocycles. The average molecular weight is 389 g/mol. The molecule has 2 heterocycles. The van der Waals surface area contributed by atoms with E-state index in [0.29, 0.717) is 27.1 Å². The number of benzene rings is 1. The van der Waals surface area contributed by atoms with Gasteiger partial charge in [-0.1, -0.05) is 44.0 Å². The summed E-state index contributed by atoms with van der Waals surface area (Å²) >= 11 is 12.5. The molecule has 0 fully saturated rings. The largest absolute Gasteiger partial charge is 0.306 e. The third kappa shape index (κ3) is 3.89. The molecule has 7 heteroatoms. The molecule has 3 rings (SSSR count).